The van der Waals surface area contributed by atoms with Crippen LogP contribution in [0.3, 0.4) is 0 Å². The molecule has 1 aromatic heterocycles. The Hall–Kier alpha value is -1.89. The molecule has 0 saturated carbocycles. The monoisotopic (exact) mass is 325 g/mol. The molecular formula is C12H12BrN3O3. The van der Waals surface area contributed by atoms with E-state index in [4.69, 9.17) is 4.74 Å². The highest BCUT2D eigenvalue weighted by atomic mass is 79.9. The number of halogens is 1. The lowest BCUT2D eigenvalue weighted by Crippen LogP contribution is -2.03. The molecule has 2 aromatic rings. The van der Waals surface area contributed by atoms with Crippen LogP contribution in [0.5, 0.6) is 5.75 Å². The van der Waals surface area contributed by atoms with Gasteiger partial charge in [-0.2, -0.15) is 5.10 Å². The summed E-state index contributed by atoms with van der Waals surface area (Å²) in [4.78, 5) is 10.3. The van der Waals surface area contributed by atoms with Gasteiger partial charge in [-0.1, -0.05) is 0 Å². The van der Waals surface area contributed by atoms with Crippen LogP contribution in [0.4, 0.5) is 5.69 Å². The third-order valence-electron chi connectivity index (χ3n) is 2.60. The number of nitro benzene ring substituents is 1. The first-order valence-corrected chi connectivity index (χ1v) is 6.33. The van der Waals surface area contributed by atoms with Crippen molar-refractivity contribution in [2.45, 2.75) is 13.5 Å². The van der Waals surface area contributed by atoms with Gasteiger partial charge in [-0.3, -0.25) is 14.8 Å². The minimum atomic E-state index is -0.451. The normalized spacial score (nSPS) is 10.5. The highest BCUT2D eigenvalue weighted by molar-refractivity contribution is 9.10. The molecule has 0 saturated heterocycles. The minimum Gasteiger partial charge on any atom is -0.486 e. The number of nitrogens with zero attached hydrogens (tertiary/aromatic N) is 3. The van der Waals surface area contributed by atoms with Crippen molar-refractivity contribution in [2.75, 3.05) is 0 Å². The topological polar surface area (TPSA) is 70.2 Å². The highest BCUT2D eigenvalue weighted by Gasteiger charge is 2.11. The number of non-ortho nitro benzene ring substituents is 1. The number of aromatic nitrogens is 2. The smallest absolute Gasteiger partial charge is 0.273 e. The zero-order valence-electron chi connectivity index (χ0n) is 10.5. The van der Waals surface area contributed by atoms with Gasteiger partial charge in [0.1, 0.15) is 12.4 Å². The molecule has 0 fully saturated rings. The largest absolute Gasteiger partial charge is 0.486 e. The third kappa shape index (κ3) is 3.11. The van der Waals surface area contributed by atoms with Crippen LogP contribution in [-0.2, 0) is 13.7 Å². The lowest BCUT2D eigenvalue weighted by molar-refractivity contribution is -0.385. The molecule has 100 valence electrons. The number of hydrogen-bond acceptors (Lipinski definition) is 4. The zero-order chi connectivity index (χ0) is 14.0. The van der Waals surface area contributed by atoms with Crippen LogP contribution in [0.2, 0.25) is 0 Å². The Morgan fingerprint density at radius 3 is 2.79 bits per heavy atom. The minimum absolute atomic E-state index is 0.000568. The maximum absolute atomic E-state index is 10.7. The molecule has 1 heterocycles. The summed E-state index contributed by atoms with van der Waals surface area (Å²) in [5.74, 6) is 0.438. The SMILES string of the molecule is Cc1cc(COc2cc([N+](=O)[O-])ccc2Br)n(C)n1. The second-order valence-corrected chi connectivity index (χ2v) is 4.92. The van der Waals surface area contributed by atoms with Crippen molar-refractivity contribution in [3.8, 4) is 5.75 Å². The standard InChI is InChI=1S/C12H12BrN3O3/c1-8-5-10(15(2)14-8)7-19-12-6-9(16(17)18)3-4-11(12)13/h3-6H,7H2,1-2H3. The first-order chi connectivity index (χ1) is 8.97. The Morgan fingerprint density at radius 1 is 1.47 bits per heavy atom. The second-order valence-electron chi connectivity index (χ2n) is 4.06. The maximum atomic E-state index is 10.7. The number of rotatable bonds is 4. The maximum Gasteiger partial charge on any atom is 0.273 e. The molecule has 7 heteroatoms. The van der Waals surface area contributed by atoms with E-state index in [-0.39, 0.29) is 5.69 Å². The lowest BCUT2D eigenvalue weighted by Gasteiger charge is -2.08. The van der Waals surface area contributed by atoms with Crippen molar-refractivity contribution < 1.29 is 9.66 Å². The summed E-state index contributed by atoms with van der Waals surface area (Å²) >= 11 is 3.31. The predicted molar refractivity (Wildman–Crippen MR) is 73.1 cm³/mol. The van der Waals surface area contributed by atoms with Gasteiger partial charge in [0.05, 0.1) is 26.9 Å². The van der Waals surface area contributed by atoms with E-state index in [1.165, 1.54) is 12.1 Å². The van der Waals surface area contributed by atoms with E-state index in [1.807, 2.05) is 20.0 Å². The van der Waals surface area contributed by atoms with Gasteiger partial charge in [-0.05, 0) is 35.0 Å². The Balaban J connectivity index is 2.17. The fourth-order valence-electron chi connectivity index (χ4n) is 1.67. The summed E-state index contributed by atoms with van der Waals surface area (Å²) in [5.41, 5.74) is 1.80. The van der Waals surface area contributed by atoms with Gasteiger partial charge in [-0.15, -0.1) is 0 Å². The van der Waals surface area contributed by atoms with Crippen molar-refractivity contribution in [3.05, 3.63) is 50.2 Å². The Labute approximate surface area is 118 Å². The van der Waals surface area contributed by atoms with Gasteiger partial charge in [0.25, 0.3) is 5.69 Å². The summed E-state index contributed by atoms with van der Waals surface area (Å²) in [6.45, 7) is 2.20. The fourth-order valence-corrected chi connectivity index (χ4v) is 2.03. The molecular weight excluding hydrogens is 314 g/mol. The first-order valence-electron chi connectivity index (χ1n) is 5.53. The molecule has 6 nitrogen and oxygen atoms in total. The van der Waals surface area contributed by atoms with Crippen molar-refractivity contribution >= 4 is 21.6 Å². The van der Waals surface area contributed by atoms with E-state index < -0.39 is 4.92 Å². The van der Waals surface area contributed by atoms with E-state index in [0.29, 0.717) is 16.8 Å². The Bertz CT molecular complexity index is 625. The van der Waals surface area contributed by atoms with E-state index in [1.54, 1.807) is 10.7 Å². The van der Waals surface area contributed by atoms with Crippen LogP contribution >= 0.6 is 15.9 Å². The van der Waals surface area contributed by atoms with E-state index in [2.05, 4.69) is 21.0 Å². The predicted octanol–water partition coefficient (Wildman–Crippen LogP) is 2.98. The average Bonchev–Trinajstić information content (AvgIpc) is 2.66. The van der Waals surface area contributed by atoms with Crippen molar-refractivity contribution in [1.82, 2.24) is 9.78 Å². The second kappa shape index (κ2) is 5.40. The molecule has 19 heavy (non-hydrogen) atoms. The summed E-state index contributed by atoms with van der Waals surface area (Å²) in [7, 11) is 1.83. The number of nitro groups is 1. The number of aryl methyl sites for hydroxylation is 2. The fraction of sp³-hybridized carbons (Fsp3) is 0.250. The van der Waals surface area contributed by atoms with Crippen molar-refractivity contribution in [2.24, 2.45) is 7.05 Å². The van der Waals surface area contributed by atoms with Gasteiger partial charge in [0.15, 0.2) is 0 Å². The molecule has 0 amide bonds. The molecule has 1 aromatic carbocycles. The van der Waals surface area contributed by atoms with E-state index in [9.17, 15) is 10.1 Å². The Morgan fingerprint density at radius 2 is 2.21 bits per heavy atom. The van der Waals surface area contributed by atoms with E-state index >= 15 is 0 Å². The molecule has 0 spiro atoms. The quantitative estimate of drug-likeness (QED) is 0.640. The molecule has 0 radical (unpaired) electrons. The highest BCUT2D eigenvalue weighted by Crippen LogP contribution is 2.29. The summed E-state index contributed by atoms with van der Waals surface area (Å²) in [6, 6.07) is 6.33. The van der Waals surface area contributed by atoms with Crippen molar-refractivity contribution in [1.29, 1.82) is 0 Å². The van der Waals surface area contributed by atoms with Crippen LogP contribution in [0, 0.1) is 17.0 Å². The van der Waals surface area contributed by atoms with Gasteiger partial charge in [-0.25, -0.2) is 0 Å². The van der Waals surface area contributed by atoms with Crippen LogP contribution in [0.15, 0.2) is 28.7 Å². The third-order valence-corrected chi connectivity index (χ3v) is 3.26. The average molecular weight is 326 g/mol. The van der Waals surface area contributed by atoms with Crippen molar-refractivity contribution in [3.63, 3.8) is 0 Å². The molecule has 2 rings (SSSR count). The lowest BCUT2D eigenvalue weighted by atomic mass is 10.3. The number of benzene rings is 1. The molecule has 0 unspecified atom stereocenters. The molecule has 0 aliphatic carbocycles. The van der Waals surface area contributed by atoms with Crippen LogP contribution < -0.4 is 4.74 Å². The number of hydrogen-bond donors (Lipinski definition) is 0. The van der Waals surface area contributed by atoms with Gasteiger partial charge in [0.2, 0.25) is 0 Å². The van der Waals surface area contributed by atoms with Crippen LogP contribution in [0.1, 0.15) is 11.4 Å². The summed E-state index contributed by atoms with van der Waals surface area (Å²) in [6.07, 6.45) is 0. The summed E-state index contributed by atoms with van der Waals surface area (Å²) < 4.78 is 8.00. The summed E-state index contributed by atoms with van der Waals surface area (Å²) in [5, 5.41) is 14.9. The molecule has 0 aliphatic rings. The van der Waals surface area contributed by atoms with Gasteiger partial charge in [0, 0.05) is 13.1 Å². The van der Waals surface area contributed by atoms with Gasteiger partial charge < -0.3 is 4.74 Å². The van der Waals surface area contributed by atoms with E-state index in [0.717, 1.165) is 11.4 Å². The Kier molecular flexibility index (Phi) is 3.84. The molecule has 0 aliphatic heterocycles. The molecule has 0 atom stereocenters. The zero-order valence-corrected chi connectivity index (χ0v) is 12.0. The molecule has 0 N–H and O–H groups in total. The first kappa shape index (κ1) is 13.5. The number of ether oxygens (including phenoxy) is 1. The molecule has 0 bridgehead atoms. The van der Waals surface area contributed by atoms with Crippen LogP contribution in [-0.4, -0.2) is 14.7 Å². The van der Waals surface area contributed by atoms with Gasteiger partial charge >= 0.3 is 0 Å². The van der Waals surface area contributed by atoms with Crippen LogP contribution in [0.25, 0.3) is 0 Å².